The highest BCUT2D eigenvalue weighted by atomic mass is 19.1. The van der Waals surface area contributed by atoms with Gasteiger partial charge in [-0.1, -0.05) is 32.1 Å². The summed E-state index contributed by atoms with van der Waals surface area (Å²) in [5.74, 6) is -1.02. The second-order valence-electron chi connectivity index (χ2n) is 10.1. The van der Waals surface area contributed by atoms with Crippen LogP contribution in [-0.4, -0.2) is 35.4 Å². The van der Waals surface area contributed by atoms with Gasteiger partial charge in [0.2, 0.25) is 5.91 Å². The molecule has 3 aromatic heterocycles. The summed E-state index contributed by atoms with van der Waals surface area (Å²) in [5.41, 5.74) is 6.94. The van der Waals surface area contributed by atoms with Crippen molar-refractivity contribution in [3.05, 3.63) is 58.9 Å². The molecule has 1 fully saturated rings. The van der Waals surface area contributed by atoms with E-state index >= 15 is 0 Å². The number of phenolic OH excluding ortho intramolecular Hbond substituents is 1. The number of anilines is 2. The highest BCUT2D eigenvalue weighted by Gasteiger charge is 2.48. The van der Waals surface area contributed by atoms with E-state index in [0.717, 1.165) is 36.7 Å². The van der Waals surface area contributed by atoms with Gasteiger partial charge in [0.1, 0.15) is 45.9 Å². The fraction of sp³-hybridized carbons (Fsp3) is 0.333. The van der Waals surface area contributed by atoms with Crippen LogP contribution < -0.4 is 11.1 Å². The Balaban J connectivity index is 1.44. The lowest BCUT2D eigenvalue weighted by atomic mass is 9.77. The van der Waals surface area contributed by atoms with Crippen molar-refractivity contribution in [3.8, 4) is 23.3 Å². The second kappa shape index (κ2) is 8.76. The summed E-state index contributed by atoms with van der Waals surface area (Å²) >= 11 is 0. The first-order valence-electron chi connectivity index (χ1n) is 12.5. The number of hydrogen-bond donors (Lipinski definition) is 3. The molecule has 6 rings (SSSR count). The topological polar surface area (TPSA) is 155 Å². The molecule has 1 amide bonds. The monoisotopic (exact) mass is 512 g/mol. The fourth-order valence-electron chi connectivity index (χ4n) is 5.70. The predicted octanol–water partition coefficient (Wildman–Crippen LogP) is 3.87. The molecule has 4 N–H and O–H groups in total. The van der Waals surface area contributed by atoms with Gasteiger partial charge in [0, 0.05) is 18.6 Å². The van der Waals surface area contributed by atoms with Gasteiger partial charge in [-0.2, -0.15) is 5.26 Å². The molecule has 1 aliphatic carbocycles. The number of aromatic hydroxyl groups is 1. The van der Waals surface area contributed by atoms with Crippen LogP contribution in [0.4, 0.5) is 16.0 Å². The average molecular weight is 513 g/mol. The zero-order chi connectivity index (χ0) is 26.6. The first kappa shape index (κ1) is 23.8. The average Bonchev–Trinajstić information content (AvgIpc) is 3.47. The van der Waals surface area contributed by atoms with Crippen LogP contribution in [0.1, 0.15) is 61.4 Å². The molecule has 38 heavy (non-hydrogen) atoms. The van der Waals surface area contributed by atoms with Gasteiger partial charge < -0.3 is 20.6 Å². The maximum Gasteiger partial charge on any atom is 0.240 e. The zero-order valence-electron chi connectivity index (χ0n) is 20.7. The Morgan fingerprint density at radius 2 is 2.05 bits per heavy atom. The van der Waals surface area contributed by atoms with Crippen LogP contribution in [-0.2, 0) is 16.6 Å². The fourth-order valence-corrected chi connectivity index (χ4v) is 5.70. The summed E-state index contributed by atoms with van der Waals surface area (Å²) in [5, 5.41) is 22.0. The molecule has 1 saturated carbocycles. The highest BCUT2D eigenvalue weighted by molar-refractivity contribution is 6.09. The standard InChI is InChI=1S/C27H25FN8O2/c1-27(15-10-17(28)16(12-29)20(37)11-15)21-22(30)33-23(34-24(21)35-26(27)38)19-13-36-8-7-31-25(36)18(32-19)9-14-5-3-2-4-6-14/h7-8,10-11,13-14,37H,2-6,9H2,1H3,(H3,30,33,34,35,38)/t27-/m0/s1. The highest BCUT2D eigenvalue weighted by Crippen LogP contribution is 2.46. The van der Waals surface area contributed by atoms with Gasteiger partial charge in [-0.3, -0.25) is 4.79 Å². The summed E-state index contributed by atoms with van der Waals surface area (Å²) in [4.78, 5) is 31.7. The number of aromatic nitrogens is 5. The molecule has 0 radical (unpaired) electrons. The summed E-state index contributed by atoms with van der Waals surface area (Å²) in [6.07, 6.45) is 12.2. The van der Waals surface area contributed by atoms with Gasteiger partial charge >= 0.3 is 0 Å². The number of rotatable bonds is 4. The second-order valence-corrected chi connectivity index (χ2v) is 10.1. The van der Waals surface area contributed by atoms with E-state index < -0.39 is 28.5 Å². The minimum absolute atomic E-state index is 0.0245. The van der Waals surface area contributed by atoms with Crippen LogP contribution >= 0.6 is 0 Å². The molecule has 0 bridgehead atoms. The van der Waals surface area contributed by atoms with E-state index in [2.05, 4.69) is 20.3 Å². The molecule has 4 aromatic rings. The third-order valence-corrected chi connectivity index (χ3v) is 7.76. The maximum absolute atomic E-state index is 14.5. The number of hydrogen-bond acceptors (Lipinski definition) is 8. The molecular weight excluding hydrogens is 487 g/mol. The van der Waals surface area contributed by atoms with Crippen molar-refractivity contribution in [2.24, 2.45) is 5.92 Å². The van der Waals surface area contributed by atoms with E-state index in [4.69, 9.17) is 16.0 Å². The molecule has 1 aliphatic heterocycles. The van der Waals surface area contributed by atoms with Gasteiger partial charge in [-0.15, -0.1) is 0 Å². The summed E-state index contributed by atoms with van der Waals surface area (Å²) in [6.45, 7) is 1.55. The molecule has 4 heterocycles. The first-order chi connectivity index (χ1) is 18.3. The zero-order valence-corrected chi connectivity index (χ0v) is 20.7. The molecule has 0 spiro atoms. The molecule has 10 nitrogen and oxygen atoms in total. The largest absolute Gasteiger partial charge is 0.506 e. The maximum atomic E-state index is 14.5. The number of carbonyl (C=O) groups is 1. The van der Waals surface area contributed by atoms with Gasteiger partial charge in [0.25, 0.3) is 0 Å². The van der Waals surface area contributed by atoms with E-state index in [1.807, 2.05) is 10.6 Å². The van der Waals surface area contributed by atoms with Gasteiger partial charge in [0.05, 0.1) is 11.3 Å². The number of imidazole rings is 1. The molecule has 1 atom stereocenters. The van der Waals surface area contributed by atoms with E-state index in [9.17, 15) is 14.3 Å². The number of nitriles is 1. The normalized spacial score (nSPS) is 19.3. The van der Waals surface area contributed by atoms with Crippen LogP contribution in [0.15, 0.2) is 30.7 Å². The number of benzene rings is 1. The summed E-state index contributed by atoms with van der Waals surface area (Å²) in [7, 11) is 0. The van der Waals surface area contributed by atoms with Crippen molar-refractivity contribution in [1.82, 2.24) is 24.3 Å². The van der Waals surface area contributed by atoms with Crippen molar-refractivity contribution in [2.75, 3.05) is 11.1 Å². The number of nitrogens with one attached hydrogen (secondary N) is 1. The van der Waals surface area contributed by atoms with Crippen molar-refractivity contribution in [1.29, 1.82) is 5.26 Å². The van der Waals surface area contributed by atoms with Crippen molar-refractivity contribution < 1.29 is 14.3 Å². The third kappa shape index (κ3) is 3.63. The SMILES string of the molecule is C[C@@]1(c2cc(O)c(C#N)c(F)c2)C(=O)Nc2nc(-c3cn4ccnc4c(CC4CCCCC4)n3)nc(N)c21. The van der Waals surface area contributed by atoms with E-state index in [1.165, 1.54) is 25.3 Å². The lowest BCUT2D eigenvalue weighted by Gasteiger charge is -2.24. The minimum atomic E-state index is -1.49. The molecule has 1 aromatic carbocycles. The quantitative estimate of drug-likeness (QED) is 0.372. The van der Waals surface area contributed by atoms with Crippen LogP contribution in [0.2, 0.25) is 0 Å². The van der Waals surface area contributed by atoms with E-state index in [-0.39, 0.29) is 28.6 Å². The van der Waals surface area contributed by atoms with Crippen molar-refractivity contribution >= 4 is 23.2 Å². The smallest absolute Gasteiger partial charge is 0.240 e. The summed E-state index contributed by atoms with van der Waals surface area (Å²) in [6, 6.07) is 3.85. The van der Waals surface area contributed by atoms with Crippen molar-refractivity contribution in [2.45, 2.75) is 50.9 Å². The van der Waals surface area contributed by atoms with E-state index in [1.54, 1.807) is 25.4 Å². The number of amides is 1. The number of nitrogens with zero attached hydrogens (tertiary/aromatic N) is 6. The molecule has 192 valence electrons. The third-order valence-electron chi connectivity index (χ3n) is 7.76. The summed E-state index contributed by atoms with van der Waals surface area (Å²) < 4.78 is 16.4. The molecule has 0 saturated heterocycles. The number of fused-ring (bicyclic) bond motifs is 2. The Labute approximate surface area is 217 Å². The van der Waals surface area contributed by atoms with Gasteiger partial charge in [0.15, 0.2) is 11.5 Å². The minimum Gasteiger partial charge on any atom is -0.506 e. The molecule has 0 unspecified atom stereocenters. The van der Waals surface area contributed by atoms with Crippen molar-refractivity contribution in [3.63, 3.8) is 0 Å². The molecule has 2 aliphatic rings. The lowest BCUT2D eigenvalue weighted by Crippen LogP contribution is -2.33. The molecule has 11 heteroatoms. The van der Waals surface area contributed by atoms with E-state index in [0.29, 0.717) is 11.6 Å². The molecular formula is C27H25FN8O2. The Morgan fingerprint density at radius 3 is 2.79 bits per heavy atom. The van der Waals surface area contributed by atoms with Crippen LogP contribution in [0.3, 0.4) is 0 Å². The van der Waals surface area contributed by atoms with Crippen LogP contribution in [0, 0.1) is 23.1 Å². The van der Waals surface area contributed by atoms with Gasteiger partial charge in [-0.25, -0.2) is 24.3 Å². The van der Waals surface area contributed by atoms with Crippen LogP contribution in [0.5, 0.6) is 5.75 Å². The van der Waals surface area contributed by atoms with Crippen LogP contribution in [0.25, 0.3) is 17.2 Å². The number of halogens is 1. The lowest BCUT2D eigenvalue weighted by molar-refractivity contribution is -0.119. The Kier molecular flexibility index (Phi) is 5.48. The Morgan fingerprint density at radius 1 is 1.26 bits per heavy atom. The predicted molar refractivity (Wildman–Crippen MR) is 137 cm³/mol. The first-order valence-corrected chi connectivity index (χ1v) is 12.5. The number of nitrogens with two attached hydrogens (primary N) is 1. The van der Waals surface area contributed by atoms with Gasteiger partial charge in [-0.05, 0) is 37.0 Å². The number of nitrogen functional groups attached to an aromatic ring is 1. The Hall–Kier alpha value is -4.59. The number of carbonyl (C=O) groups excluding carboxylic acids is 1. The Bertz CT molecular complexity index is 1630. The number of phenols is 1.